The fourth-order valence-electron chi connectivity index (χ4n) is 6.95. The van der Waals surface area contributed by atoms with Crippen molar-refractivity contribution in [1.29, 1.82) is 0 Å². The van der Waals surface area contributed by atoms with Crippen LogP contribution in [0, 0.1) is 11.8 Å². The van der Waals surface area contributed by atoms with Gasteiger partial charge in [-0.15, -0.1) is 0 Å². The molecule has 11 nitrogen and oxygen atoms in total. The first kappa shape index (κ1) is 33.0. The fraction of sp³-hybridized carbons (Fsp3) is 0.432. The first-order valence-electron chi connectivity index (χ1n) is 17.0. The van der Waals surface area contributed by atoms with Crippen LogP contribution in [0.1, 0.15) is 83.5 Å². The fourth-order valence-corrected chi connectivity index (χ4v) is 6.95. The summed E-state index contributed by atoms with van der Waals surface area (Å²) in [5.41, 5.74) is 5.98. The second-order valence-electron chi connectivity index (χ2n) is 13.7. The van der Waals surface area contributed by atoms with Crippen molar-refractivity contribution < 1.29 is 19.5 Å². The monoisotopic (exact) mass is 651 g/mol. The number of imidazole rings is 2. The van der Waals surface area contributed by atoms with E-state index in [1.807, 2.05) is 24.9 Å². The number of amides is 3. The lowest BCUT2D eigenvalue weighted by atomic mass is 10.0. The number of nitrogens with zero attached hydrogens (tertiary/aromatic N) is 4. The van der Waals surface area contributed by atoms with Crippen molar-refractivity contribution in [3.63, 3.8) is 0 Å². The van der Waals surface area contributed by atoms with Crippen LogP contribution in [-0.4, -0.2) is 71.9 Å². The van der Waals surface area contributed by atoms with Crippen molar-refractivity contribution in [1.82, 2.24) is 35.1 Å². The third kappa shape index (κ3) is 7.00. The Balaban J connectivity index is 1.11. The van der Waals surface area contributed by atoms with Gasteiger partial charge in [-0.2, -0.15) is 0 Å². The zero-order valence-electron chi connectivity index (χ0n) is 28.1. The molecule has 2 aliphatic rings. The van der Waals surface area contributed by atoms with Crippen LogP contribution >= 0.6 is 0 Å². The van der Waals surface area contributed by atoms with Gasteiger partial charge in [0, 0.05) is 19.5 Å². The molecule has 4 N–H and O–H groups in total. The van der Waals surface area contributed by atoms with Gasteiger partial charge in [0.2, 0.25) is 11.8 Å². The van der Waals surface area contributed by atoms with Gasteiger partial charge in [0.25, 0.3) is 0 Å². The predicted octanol–water partition coefficient (Wildman–Crippen LogP) is 6.80. The van der Waals surface area contributed by atoms with E-state index in [2.05, 4.69) is 87.6 Å². The molecule has 2 fully saturated rings. The molecule has 2 aromatic heterocycles. The number of hydrogen-bond acceptors (Lipinski definition) is 5. The van der Waals surface area contributed by atoms with Gasteiger partial charge in [-0.3, -0.25) is 9.59 Å². The van der Waals surface area contributed by atoms with Crippen LogP contribution in [0.3, 0.4) is 0 Å². The normalized spacial score (nSPS) is 18.5. The van der Waals surface area contributed by atoms with Crippen molar-refractivity contribution in [2.75, 3.05) is 13.1 Å². The number of carbonyl (C=O) groups is 3. The summed E-state index contributed by atoms with van der Waals surface area (Å²) < 4.78 is 0. The Kier molecular flexibility index (Phi) is 9.66. The molecule has 2 aliphatic heterocycles. The molecule has 0 saturated carbocycles. The standard InChI is InChI=1S/C37H45N7O4/c1-22(2)19-32(45)43-17-5-7-30(43)34-38-20-28(40-34)26-13-9-24(10-14-26)25-11-15-27(16-12-25)29-21-39-35(41-29)31-8-6-18-44(31)36(46)33(23(3)4)42-37(47)48/h9-16,20-23,30-31,33,42H,5-8,17-19H2,1-4H3,(H,38,40)(H,39,41)(H,47,48)/t30-,31-,33-/m0/s1. The Morgan fingerprint density at radius 2 is 1.23 bits per heavy atom. The number of H-pyrrole nitrogens is 2. The average molecular weight is 652 g/mol. The molecule has 0 unspecified atom stereocenters. The largest absolute Gasteiger partial charge is 0.465 e. The van der Waals surface area contributed by atoms with Gasteiger partial charge in [0.05, 0.1) is 35.9 Å². The zero-order valence-corrected chi connectivity index (χ0v) is 28.1. The summed E-state index contributed by atoms with van der Waals surface area (Å²) in [6.45, 7) is 9.18. The summed E-state index contributed by atoms with van der Waals surface area (Å²) in [6.07, 6.45) is 6.52. The topological polar surface area (TPSA) is 147 Å². The molecule has 0 bridgehead atoms. The van der Waals surface area contributed by atoms with Gasteiger partial charge in [0.15, 0.2) is 0 Å². The minimum atomic E-state index is -1.20. The van der Waals surface area contributed by atoms with E-state index in [0.29, 0.717) is 24.7 Å². The summed E-state index contributed by atoms with van der Waals surface area (Å²) in [5, 5.41) is 11.6. The lowest BCUT2D eigenvalue weighted by Crippen LogP contribution is -2.50. The highest BCUT2D eigenvalue weighted by molar-refractivity contribution is 5.86. The summed E-state index contributed by atoms with van der Waals surface area (Å²) in [4.78, 5) is 57.3. The molecule has 2 saturated heterocycles. The SMILES string of the molecule is CC(C)CC(=O)N1CCC[C@H]1c1ncc(-c2ccc(-c3ccc(-c4cnc([C@@H]5CCCN5C(=O)[C@@H](NC(=O)O)C(C)C)[nH]4)cc3)cc2)[nH]1. The number of aromatic nitrogens is 4. The number of hydrogen-bond donors (Lipinski definition) is 4. The lowest BCUT2D eigenvalue weighted by Gasteiger charge is -2.29. The van der Waals surface area contributed by atoms with E-state index in [1.165, 1.54) is 0 Å². The molecule has 0 aliphatic carbocycles. The number of rotatable bonds is 10. The molecule has 2 aromatic carbocycles. The van der Waals surface area contributed by atoms with E-state index in [9.17, 15) is 19.5 Å². The van der Waals surface area contributed by atoms with E-state index >= 15 is 0 Å². The van der Waals surface area contributed by atoms with Crippen molar-refractivity contribution in [3.05, 3.63) is 72.6 Å². The summed E-state index contributed by atoms with van der Waals surface area (Å²) in [6, 6.07) is 15.6. The molecular formula is C37H45N7O4. The first-order valence-corrected chi connectivity index (χ1v) is 17.0. The van der Waals surface area contributed by atoms with Gasteiger partial charge >= 0.3 is 6.09 Å². The van der Waals surface area contributed by atoms with Crippen molar-refractivity contribution in [2.24, 2.45) is 11.8 Å². The quantitative estimate of drug-likeness (QED) is 0.148. The van der Waals surface area contributed by atoms with Crippen molar-refractivity contribution >= 4 is 17.9 Å². The van der Waals surface area contributed by atoms with Crippen LogP contribution in [0.2, 0.25) is 0 Å². The van der Waals surface area contributed by atoms with E-state index in [4.69, 9.17) is 0 Å². The van der Waals surface area contributed by atoms with Gasteiger partial charge in [-0.05, 0) is 59.8 Å². The number of benzene rings is 2. The summed E-state index contributed by atoms with van der Waals surface area (Å²) in [7, 11) is 0. The Labute approximate surface area is 281 Å². The predicted molar refractivity (Wildman–Crippen MR) is 184 cm³/mol. The molecule has 0 spiro atoms. The summed E-state index contributed by atoms with van der Waals surface area (Å²) in [5.74, 6) is 1.70. The van der Waals surface area contributed by atoms with Crippen LogP contribution in [0.5, 0.6) is 0 Å². The second kappa shape index (κ2) is 14.0. The molecule has 0 radical (unpaired) electrons. The number of likely N-dealkylation sites (tertiary alicyclic amines) is 2. The number of carboxylic acid groups (broad SMARTS) is 1. The van der Waals surface area contributed by atoms with Crippen molar-refractivity contribution in [2.45, 2.75) is 77.9 Å². The first-order chi connectivity index (χ1) is 23.1. The van der Waals surface area contributed by atoms with Crippen LogP contribution in [0.4, 0.5) is 4.79 Å². The van der Waals surface area contributed by atoms with Gasteiger partial charge in [0.1, 0.15) is 17.7 Å². The highest BCUT2D eigenvalue weighted by Crippen LogP contribution is 2.35. The highest BCUT2D eigenvalue weighted by atomic mass is 16.4. The Morgan fingerprint density at radius 3 is 1.69 bits per heavy atom. The van der Waals surface area contributed by atoms with Crippen molar-refractivity contribution in [3.8, 4) is 33.6 Å². The molecule has 252 valence electrons. The van der Waals surface area contributed by atoms with E-state index < -0.39 is 12.1 Å². The molecule has 6 rings (SSSR count). The zero-order chi connectivity index (χ0) is 33.9. The van der Waals surface area contributed by atoms with Gasteiger partial charge in [-0.25, -0.2) is 14.8 Å². The maximum Gasteiger partial charge on any atom is 0.405 e. The molecule has 48 heavy (non-hydrogen) atoms. The van der Waals surface area contributed by atoms with E-state index in [0.717, 1.165) is 71.7 Å². The average Bonchev–Trinajstić information content (AvgIpc) is 3.89. The van der Waals surface area contributed by atoms with Gasteiger partial charge in [-0.1, -0.05) is 76.2 Å². The van der Waals surface area contributed by atoms with E-state index in [1.54, 1.807) is 11.1 Å². The molecule has 11 heteroatoms. The Hall–Kier alpha value is -4.93. The number of carbonyl (C=O) groups excluding carboxylic acids is 2. The lowest BCUT2D eigenvalue weighted by molar-refractivity contribution is -0.135. The smallest absolute Gasteiger partial charge is 0.405 e. The molecule has 4 heterocycles. The maximum absolute atomic E-state index is 13.3. The molecule has 3 amide bonds. The minimum Gasteiger partial charge on any atom is -0.465 e. The third-order valence-electron chi connectivity index (χ3n) is 9.45. The van der Waals surface area contributed by atoms with Crippen LogP contribution in [-0.2, 0) is 9.59 Å². The Bertz CT molecular complexity index is 1740. The second-order valence-corrected chi connectivity index (χ2v) is 13.7. The maximum atomic E-state index is 13.3. The van der Waals surface area contributed by atoms with Gasteiger partial charge < -0.3 is 30.2 Å². The highest BCUT2D eigenvalue weighted by Gasteiger charge is 2.37. The van der Waals surface area contributed by atoms with Crippen LogP contribution in [0.25, 0.3) is 33.6 Å². The summed E-state index contributed by atoms with van der Waals surface area (Å²) >= 11 is 0. The number of aromatic amines is 2. The molecule has 3 atom stereocenters. The minimum absolute atomic E-state index is 0.00619. The molecular weight excluding hydrogens is 606 g/mol. The molecule has 4 aromatic rings. The van der Waals surface area contributed by atoms with Crippen LogP contribution in [0.15, 0.2) is 60.9 Å². The van der Waals surface area contributed by atoms with Crippen LogP contribution < -0.4 is 5.32 Å². The number of nitrogens with one attached hydrogen (secondary N) is 3. The Morgan fingerprint density at radius 1 is 0.771 bits per heavy atom. The third-order valence-corrected chi connectivity index (χ3v) is 9.45. The van der Waals surface area contributed by atoms with E-state index in [-0.39, 0.29) is 29.8 Å².